The number of nitrogens with zero attached hydrogens (tertiary/aromatic N) is 2. The molecular weight excluding hydrogens is 427 g/mol. The number of aromatic nitrogens is 2. The third kappa shape index (κ3) is 3.11. The number of benzene rings is 2. The van der Waals surface area contributed by atoms with Crippen LogP contribution >= 0.6 is 23.2 Å². The van der Waals surface area contributed by atoms with Gasteiger partial charge in [-0.1, -0.05) is 29.3 Å². The topological polar surface area (TPSA) is 106 Å². The monoisotopic (exact) mass is 442 g/mol. The van der Waals surface area contributed by atoms with Crippen LogP contribution in [-0.2, 0) is 0 Å². The molecule has 0 aliphatic carbocycles. The molecule has 1 aromatic heterocycles. The number of hydrogen-bond donors (Lipinski definition) is 2. The Bertz CT molecular complexity index is 1190. The van der Waals surface area contributed by atoms with Crippen LogP contribution in [0.25, 0.3) is 11.3 Å². The summed E-state index contributed by atoms with van der Waals surface area (Å²) in [6.45, 7) is 0. The quantitative estimate of drug-likeness (QED) is 0.610. The molecule has 1 atom stereocenters. The maximum atomic E-state index is 9.85. The molecule has 0 bridgehead atoms. The highest BCUT2D eigenvalue weighted by Gasteiger charge is 2.38. The average Bonchev–Trinajstić information content (AvgIpc) is 3.16. The predicted molar refractivity (Wildman–Crippen MR) is 113 cm³/mol. The summed E-state index contributed by atoms with van der Waals surface area (Å²) in [5.41, 5.74) is 8.56. The molecule has 0 spiro atoms. The van der Waals surface area contributed by atoms with Crippen LogP contribution in [0.15, 0.2) is 47.9 Å². The summed E-state index contributed by atoms with van der Waals surface area (Å²) in [5.74, 6) is 0.680. The minimum Gasteiger partial charge on any atom is -0.497 e. The number of rotatable bonds is 4. The number of ether oxygens (including phenoxy) is 3. The lowest BCUT2D eigenvalue weighted by atomic mass is 9.82. The Morgan fingerprint density at radius 3 is 2.50 bits per heavy atom. The van der Waals surface area contributed by atoms with Crippen LogP contribution in [0.5, 0.6) is 17.4 Å². The SMILES string of the molecule is COc1ccc(OC)c(-c2[nH]nc3c2C(c2c(Cl)cccc2Cl)C(C#N)=C(N)O3)c1. The summed E-state index contributed by atoms with van der Waals surface area (Å²) in [6.07, 6.45) is 0. The normalized spacial score (nSPS) is 15.2. The van der Waals surface area contributed by atoms with E-state index in [9.17, 15) is 5.26 Å². The Balaban J connectivity index is 2.03. The van der Waals surface area contributed by atoms with Gasteiger partial charge in [0.05, 0.1) is 31.4 Å². The van der Waals surface area contributed by atoms with E-state index in [1.54, 1.807) is 50.6 Å². The molecule has 0 amide bonds. The second-order valence-electron chi connectivity index (χ2n) is 6.44. The number of hydrogen-bond acceptors (Lipinski definition) is 6. The van der Waals surface area contributed by atoms with Gasteiger partial charge >= 0.3 is 0 Å². The zero-order chi connectivity index (χ0) is 21.4. The van der Waals surface area contributed by atoms with Crippen LogP contribution in [0.4, 0.5) is 0 Å². The Kier molecular flexibility index (Phi) is 5.20. The van der Waals surface area contributed by atoms with E-state index in [4.69, 9.17) is 43.1 Å². The standard InChI is InChI=1S/C21H16Cl2N4O3/c1-28-10-6-7-15(29-2)11(8-10)19-18-16(17-13(22)4-3-5-14(17)23)12(9-24)20(25)30-21(18)27-26-19/h3-8,16H,25H2,1-2H3,(H,26,27). The summed E-state index contributed by atoms with van der Waals surface area (Å²) in [6, 6.07) is 12.6. The van der Waals surface area contributed by atoms with Gasteiger partial charge < -0.3 is 19.9 Å². The molecule has 9 heteroatoms. The van der Waals surface area contributed by atoms with Crippen molar-refractivity contribution in [3.63, 3.8) is 0 Å². The van der Waals surface area contributed by atoms with Crippen molar-refractivity contribution in [2.75, 3.05) is 14.2 Å². The first kappa shape index (κ1) is 20.0. The minimum atomic E-state index is -0.690. The van der Waals surface area contributed by atoms with Crippen molar-refractivity contribution >= 4 is 23.2 Å². The molecule has 1 unspecified atom stereocenters. The Morgan fingerprint density at radius 1 is 1.13 bits per heavy atom. The lowest BCUT2D eigenvalue weighted by molar-refractivity contribution is 0.379. The number of methoxy groups -OCH3 is 2. The molecule has 7 nitrogen and oxygen atoms in total. The van der Waals surface area contributed by atoms with Gasteiger partial charge in [-0.2, -0.15) is 5.26 Å². The van der Waals surface area contributed by atoms with E-state index in [-0.39, 0.29) is 17.3 Å². The van der Waals surface area contributed by atoms with Crippen LogP contribution in [0, 0.1) is 11.3 Å². The van der Waals surface area contributed by atoms with Crippen molar-refractivity contribution in [2.24, 2.45) is 5.73 Å². The van der Waals surface area contributed by atoms with E-state index in [2.05, 4.69) is 16.3 Å². The second kappa shape index (κ2) is 7.82. The van der Waals surface area contributed by atoms with Crippen molar-refractivity contribution in [2.45, 2.75) is 5.92 Å². The lowest BCUT2D eigenvalue weighted by Crippen LogP contribution is -2.21. The van der Waals surface area contributed by atoms with E-state index in [0.29, 0.717) is 43.9 Å². The molecule has 4 rings (SSSR count). The fourth-order valence-electron chi connectivity index (χ4n) is 3.53. The van der Waals surface area contributed by atoms with Crippen LogP contribution < -0.4 is 19.9 Å². The molecule has 2 aromatic carbocycles. The van der Waals surface area contributed by atoms with Crippen LogP contribution in [0.1, 0.15) is 17.0 Å². The highest BCUT2D eigenvalue weighted by molar-refractivity contribution is 6.36. The van der Waals surface area contributed by atoms with E-state index >= 15 is 0 Å². The van der Waals surface area contributed by atoms with Gasteiger partial charge in [0.15, 0.2) is 0 Å². The molecular formula is C21H16Cl2N4O3. The maximum Gasteiger partial charge on any atom is 0.244 e. The molecule has 3 N–H and O–H groups in total. The number of H-pyrrole nitrogens is 1. The second-order valence-corrected chi connectivity index (χ2v) is 7.26. The lowest BCUT2D eigenvalue weighted by Gasteiger charge is -2.25. The first-order valence-corrected chi connectivity index (χ1v) is 9.57. The summed E-state index contributed by atoms with van der Waals surface area (Å²) < 4.78 is 16.5. The molecule has 0 saturated carbocycles. The highest BCUT2D eigenvalue weighted by Crippen LogP contribution is 2.50. The van der Waals surface area contributed by atoms with Gasteiger partial charge in [-0.3, -0.25) is 5.10 Å². The summed E-state index contributed by atoms with van der Waals surface area (Å²) >= 11 is 13.0. The summed E-state index contributed by atoms with van der Waals surface area (Å²) in [5, 5.41) is 17.9. The summed E-state index contributed by atoms with van der Waals surface area (Å²) in [7, 11) is 3.13. The van der Waals surface area contributed by atoms with E-state index in [1.165, 1.54) is 0 Å². The number of halogens is 2. The van der Waals surface area contributed by atoms with Gasteiger partial charge in [0.2, 0.25) is 11.8 Å². The zero-order valence-electron chi connectivity index (χ0n) is 16.0. The summed E-state index contributed by atoms with van der Waals surface area (Å²) in [4.78, 5) is 0. The number of nitriles is 1. The predicted octanol–water partition coefficient (Wildman–Crippen LogP) is 4.62. The number of aromatic amines is 1. The van der Waals surface area contributed by atoms with Gasteiger partial charge in [0.25, 0.3) is 0 Å². The van der Waals surface area contributed by atoms with Crippen LogP contribution in [0.3, 0.4) is 0 Å². The minimum absolute atomic E-state index is 0.0540. The first-order valence-electron chi connectivity index (χ1n) is 8.82. The van der Waals surface area contributed by atoms with Gasteiger partial charge in [-0.25, -0.2) is 0 Å². The Morgan fingerprint density at radius 2 is 1.87 bits per heavy atom. The fraction of sp³-hybridized carbons (Fsp3) is 0.143. The fourth-order valence-corrected chi connectivity index (χ4v) is 4.15. The first-order chi connectivity index (χ1) is 14.5. The van der Waals surface area contributed by atoms with Gasteiger partial charge in [-0.05, 0) is 30.3 Å². The Labute approximate surface area is 182 Å². The molecule has 0 fully saturated rings. The highest BCUT2D eigenvalue weighted by atomic mass is 35.5. The molecule has 0 radical (unpaired) electrons. The largest absolute Gasteiger partial charge is 0.497 e. The van der Waals surface area contributed by atoms with Crippen molar-refractivity contribution in [1.82, 2.24) is 10.2 Å². The maximum absolute atomic E-state index is 9.85. The van der Waals surface area contributed by atoms with Gasteiger partial charge in [0.1, 0.15) is 23.1 Å². The molecule has 3 aromatic rings. The third-order valence-corrected chi connectivity index (χ3v) is 5.56. The number of fused-ring (bicyclic) bond motifs is 1. The van der Waals surface area contributed by atoms with E-state index in [1.807, 2.05) is 0 Å². The molecule has 30 heavy (non-hydrogen) atoms. The van der Waals surface area contributed by atoms with E-state index in [0.717, 1.165) is 0 Å². The smallest absolute Gasteiger partial charge is 0.244 e. The molecule has 152 valence electrons. The van der Waals surface area contributed by atoms with Crippen molar-refractivity contribution in [3.8, 4) is 34.7 Å². The molecule has 0 saturated heterocycles. The van der Waals surface area contributed by atoms with E-state index < -0.39 is 5.92 Å². The molecule has 1 aliphatic heterocycles. The van der Waals surface area contributed by atoms with Crippen LogP contribution in [-0.4, -0.2) is 24.4 Å². The van der Waals surface area contributed by atoms with Gasteiger partial charge in [-0.15, -0.1) is 5.10 Å². The number of nitrogens with two attached hydrogens (primary N) is 1. The van der Waals surface area contributed by atoms with Crippen LogP contribution in [0.2, 0.25) is 10.0 Å². The van der Waals surface area contributed by atoms with Crippen molar-refractivity contribution in [3.05, 3.63) is 69.0 Å². The molecule has 1 aliphatic rings. The third-order valence-electron chi connectivity index (χ3n) is 4.90. The zero-order valence-corrected chi connectivity index (χ0v) is 17.5. The number of allylic oxidation sites excluding steroid dienone is 1. The van der Waals surface area contributed by atoms with Crippen molar-refractivity contribution in [1.29, 1.82) is 5.26 Å². The molecule has 2 heterocycles. The van der Waals surface area contributed by atoms with Crippen molar-refractivity contribution < 1.29 is 14.2 Å². The number of nitrogens with one attached hydrogen (secondary N) is 1. The average molecular weight is 443 g/mol. The Hall–Kier alpha value is -3.34. The van der Waals surface area contributed by atoms with Gasteiger partial charge in [0, 0.05) is 21.2 Å².